The van der Waals surface area contributed by atoms with Gasteiger partial charge in [0.25, 0.3) is 5.91 Å². The maximum Gasteiger partial charge on any atom is 0.271 e. The van der Waals surface area contributed by atoms with E-state index in [1.54, 1.807) is 6.07 Å². The van der Waals surface area contributed by atoms with Crippen molar-refractivity contribution in [3.8, 4) is 5.75 Å². The van der Waals surface area contributed by atoms with E-state index in [1.165, 1.54) is 0 Å². The second kappa shape index (κ2) is 4.18. The summed E-state index contributed by atoms with van der Waals surface area (Å²) in [5.41, 5.74) is 6.17. The van der Waals surface area contributed by atoms with Gasteiger partial charge >= 0.3 is 0 Å². The predicted octanol–water partition coefficient (Wildman–Crippen LogP) is 1.73. The van der Waals surface area contributed by atoms with Crippen molar-refractivity contribution in [3.63, 3.8) is 0 Å². The van der Waals surface area contributed by atoms with Crippen LogP contribution >= 0.6 is 0 Å². The van der Waals surface area contributed by atoms with Crippen molar-refractivity contribution < 1.29 is 9.53 Å². The number of nitrogens with zero attached hydrogens (tertiary/aromatic N) is 1. The molecular weight excluding hydrogens is 204 g/mol. The molecule has 0 radical (unpaired) electrons. The monoisotopic (exact) mass is 216 g/mol. The van der Waals surface area contributed by atoms with Crippen LogP contribution in [0.2, 0.25) is 0 Å². The van der Waals surface area contributed by atoms with Gasteiger partial charge in [0.1, 0.15) is 0 Å². The van der Waals surface area contributed by atoms with Gasteiger partial charge in [-0.15, -0.1) is 0 Å². The molecule has 4 heteroatoms. The van der Waals surface area contributed by atoms with Crippen LogP contribution in [-0.2, 0) is 0 Å². The van der Waals surface area contributed by atoms with Crippen LogP contribution in [0.25, 0.3) is 10.9 Å². The fraction of sp³-hybridized carbons (Fsp3) is 0.167. The zero-order chi connectivity index (χ0) is 11.5. The molecule has 2 aromatic rings. The Kier molecular flexibility index (Phi) is 2.72. The number of para-hydroxylation sites is 1. The van der Waals surface area contributed by atoms with E-state index in [4.69, 9.17) is 10.5 Å². The van der Waals surface area contributed by atoms with Crippen molar-refractivity contribution in [1.82, 2.24) is 4.98 Å². The molecule has 82 valence electrons. The lowest BCUT2D eigenvalue weighted by Crippen LogP contribution is -2.15. The maximum atomic E-state index is 11.2. The first-order chi connectivity index (χ1) is 7.72. The number of pyridine rings is 1. The molecular formula is C12H12N2O2. The van der Waals surface area contributed by atoms with Gasteiger partial charge < -0.3 is 10.5 Å². The van der Waals surface area contributed by atoms with Crippen molar-refractivity contribution >= 4 is 16.8 Å². The summed E-state index contributed by atoms with van der Waals surface area (Å²) >= 11 is 0. The fourth-order valence-electron chi connectivity index (χ4n) is 1.54. The molecule has 0 saturated carbocycles. The average Bonchev–Trinajstić information content (AvgIpc) is 2.28. The first-order valence-electron chi connectivity index (χ1n) is 5.04. The van der Waals surface area contributed by atoms with Crippen molar-refractivity contribution in [1.29, 1.82) is 0 Å². The van der Waals surface area contributed by atoms with E-state index in [0.29, 0.717) is 12.4 Å². The van der Waals surface area contributed by atoms with E-state index >= 15 is 0 Å². The number of fused-ring (bicyclic) bond motifs is 1. The number of rotatable bonds is 3. The third-order valence-corrected chi connectivity index (χ3v) is 2.22. The quantitative estimate of drug-likeness (QED) is 0.849. The van der Waals surface area contributed by atoms with Gasteiger partial charge in [-0.25, -0.2) is 4.98 Å². The second-order valence-corrected chi connectivity index (χ2v) is 3.33. The molecule has 0 unspecified atom stereocenters. The number of nitrogens with two attached hydrogens (primary N) is 1. The second-order valence-electron chi connectivity index (χ2n) is 3.33. The molecule has 0 aliphatic carbocycles. The van der Waals surface area contributed by atoms with Gasteiger partial charge in [0, 0.05) is 5.39 Å². The Morgan fingerprint density at radius 3 is 2.88 bits per heavy atom. The van der Waals surface area contributed by atoms with Crippen LogP contribution < -0.4 is 10.5 Å². The molecule has 0 atom stereocenters. The molecule has 0 saturated heterocycles. The highest BCUT2D eigenvalue weighted by Crippen LogP contribution is 2.22. The van der Waals surface area contributed by atoms with E-state index in [1.807, 2.05) is 31.2 Å². The van der Waals surface area contributed by atoms with Crippen molar-refractivity contribution in [3.05, 3.63) is 36.0 Å². The van der Waals surface area contributed by atoms with Gasteiger partial charge in [0.15, 0.2) is 11.4 Å². The van der Waals surface area contributed by atoms with E-state index < -0.39 is 5.91 Å². The lowest BCUT2D eigenvalue weighted by atomic mass is 10.2. The summed E-state index contributed by atoms with van der Waals surface area (Å²) in [5, 5.41) is 0.927. The molecule has 1 heterocycles. The Bertz CT molecular complexity index is 538. The van der Waals surface area contributed by atoms with Gasteiger partial charge in [-0.1, -0.05) is 18.2 Å². The first-order valence-corrected chi connectivity index (χ1v) is 5.04. The lowest BCUT2D eigenvalue weighted by molar-refractivity contribution is 0.0992. The molecule has 2 N–H and O–H groups in total. The standard InChI is InChI=1S/C12H12N2O2/c1-2-16-10-7-8-5-3-4-6-9(8)14-11(10)12(13)15/h3-7H,2H2,1H3,(H2,13,15). The molecule has 1 amide bonds. The molecule has 1 aromatic heterocycles. The molecule has 16 heavy (non-hydrogen) atoms. The summed E-state index contributed by atoms with van der Waals surface area (Å²) in [7, 11) is 0. The molecule has 4 nitrogen and oxygen atoms in total. The van der Waals surface area contributed by atoms with E-state index in [2.05, 4.69) is 4.98 Å². The number of hydrogen-bond acceptors (Lipinski definition) is 3. The minimum atomic E-state index is -0.575. The SMILES string of the molecule is CCOc1cc2ccccc2nc1C(N)=O. The average molecular weight is 216 g/mol. The molecule has 0 aliphatic rings. The van der Waals surface area contributed by atoms with Gasteiger partial charge in [0.05, 0.1) is 12.1 Å². The third kappa shape index (κ3) is 1.82. The maximum absolute atomic E-state index is 11.2. The van der Waals surface area contributed by atoms with Crippen LogP contribution in [0.3, 0.4) is 0 Å². The van der Waals surface area contributed by atoms with Crippen LogP contribution in [0.4, 0.5) is 0 Å². The van der Waals surface area contributed by atoms with Crippen LogP contribution in [0.5, 0.6) is 5.75 Å². The Morgan fingerprint density at radius 2 is 2.19 bits per heavy atom. The minimum Gasteiger partial charge on any atom is -0.491 e. The Labute approximate surface area is 93.0 Å². The number of carbonyl (C=O) groups is 1. The van der Waals surface area contributed by atoms with Crippen molar-refractivity contribution in [2.75, 3.05) is 6.61 Å². The summed E-state index contributed by atoms with van der Waals surface area (Å²) in [6.07, 6.45) is 0. The van der Waals surface area contributed by atoms with E-state index in [-0.39, 0.29) is 5.69 Å². The number of hydrogen-bond donors (Lipinski definition) is 1. The van der Waals surface area contributed by atoms with Crippen LogP contribution in [0.1, 0.15) is 17.4 Å². The van der Waals surface area contributed by atoms with E-state index in [0.717, 1.165) is 10.9 Å². The van der Waals surface area contributed by atoms with Crippen molar-refractivity contribution in [2.45, 2.75) is 6.92 Å². The largest absolute Gasteiger partial charge is 0.491 e. The van der Waals surface area contributed by atoms with Crippen LogP contribution in [-0.4, -0.2) is 17.5 Å². The smallest absolute Gasteiger partial charge is 0.271 e. The van der Waals surface area contributed by atoms with Crippen molar-refractivity contribution in [2.24, 2.45) is 5.73 Å². The number of ether oxygens (including phenoxy) is 1. The van der Waals surface area contributed by atoms with Gasteiger partial charge in [-0.3, -0.25) is 4.79 Å². The summed E-state index contributed by atoms with van der Waals surface area (Å²) in [4.78, 5) is 15.4. The number of amides is 1. The third-order valence-electron chi connectivity index (χ3n) is 2.22. The van der Waals surface area contributed by atoms with Crippen LogP contribution in [0.15, 0.2) is 30.3 Å². The zero-order valence-corrected chi connectivity index (χ0v) is 8.93. The molecule has 1 aromatic carbocycles. The Balaban J connectivity index is 2.65. The van der Waals surface area contributed by atoms with Gasteiger partial charge in [-0.05, 0) is 19.1 Å². The lowest BCUT2D eigenvalue weighted by Gasteiger charge is -2.08. The highest BCUT2D eigenvalue weighted by Gasteiger charge is 2.12. The minimum absolute atomic E-state index is 0.181. The van der Waals surface area contributed by atoms with Gasteiger partial charge in [-0.2, -0.15) is 0 Å². The Morgan fingerprint density at radius 1 is 1.44 bits per heavy atom. The summed E-state index contributed by atoms with van der Waals surface area (Å²) in [5.74, 6) is -0.136. The summed E-state index contributed by atoms with van der Waals surface area (Å²) in [6.45, 7) is 2.32. The summed E-state index contributed by atoms with van der Waals surface area (Å²) < 4.78 is 5.34. The first kappa shape index (κ1) is 10.4. The normalized spacial score (nSPS) is 10.3. The van der Waals surface area contributed by atoms with E-state index in [9.17, 15) is 4.79 Å². The highest BCUT2D eigenvalue weighted by molar-refractivity contribution is 5.96. The number of carbonyl (C=O) groups excluding carboxylic acids is 1. The number of benzene rings is 1. The zero-order valence-electron chi connectivity index (χ0n) is 8.93. The molecule has 0 aliphatic heterocycles. The molecule has 2 rings (SSSR count). The number of primary amides is 1. The molecule has 0 bridgehead atoms. The fourth-order valence-corrected chi connectivity index (χ4v) is 1.54. The Hall–Kier alpha value is -2.10. The highest BCUT2D eigenvalue weighted by atomic mass is 16.5. The predicted molar refractivity (Wildman–Crippen MR) is 61.4 cm³/mol. The number of aromatic nitrogens is 1. The van der Waals surface area contributed by atoms with Gasteiger partial charge in [0.2, 0.25) is 0 Å². The molecule has 0 fully saturated rings. The molecule has 0 spiro atoms. The summed E-state index contributed by atoms with van der Waals surface area (Å²) in [6, 6.07) is 9.29. The van der Waals surface area contributed by atoms with Crippen LogP contribution in [0, 0.1) is 0 Å². The topological polar surface area (TPSA) is 65.2 Å².